The van der Waals surface area contributed by atoms with E-state index < -0.39 is 5.97 Å². The molecule has 0 aromatic heterocycles. The number of nitriles is 2. The Bertz CT molecular complexity index is 221. The zero-order valence-electron chi connectivity index (χ0n) is 12.0. The predicted octanol–water partition coefficient (Wildman–Crippen LogP) is -6.83. The maximum absolute atomic E-state index is 9.66. The van der Waals surface area contributed by atoms with Gasteiger partial charge in [-0.15, -0.1) is 12.1 Å². The van der Waals surface area contributed by atoms with Gasteiger partial charge in [0.05, 0.1) is 0 Å². The Labute approximate surface area is 252 Å². The zero-order chi connectivity index (χ0) is 12.1. The summed E-state index contributed by atoms with van der Waals surface area (Å²) in [5.74, 6) is 0.412. The van der Waals surface area contributed by atoms with Crippen molar-refractivity contribution in [3.05, 3.63) is 18.8 Å². The number of carbonyl (C=O) groups is 1. The molecule has 0 atom stereocenters. The summed E-state index contributed by atoms with van der Waals surface area (Å²) in [6.45, 7) is 9.46. The number of carboxylic acids is 1. The van der Waals surface area contributed by atoms with Gasteiger partial charge in [-0.1, -0.05) is 0 Å². The van der Waals surface area contributed by atoms with Crippen LogP contribution in [0.15, 0.2) is 0 Å². The topological polar surface area (TPSA) is 84.9 Å². The van der Waals surface area contributed by atoms with E-state index in [1.807, 2.05) is 6.07 Å². The summed E-state index contributed by atoms with van der Waals surface area (Å²) in [7, 11) is 0. The van der Waals surface area contributed by atoms with Gasteiger partial charge in [-0.05, 0) is 0 Å². The molecule has 80 valence electrons. The van der Waals surface area contributed by atoms with E-state index in [1.54, 1.807) is 27.7 Å². The fourth-order valence-corrected chi connectivity index (χ4v) is 0. The molecule has 4 nitrogen and oxygen atoms in total. The van der Waals surface area contributed by atoms with Crippen LogP contribution in [0.1, 0.15) is 27.7 Å². The number of carboxylic acid groups (broad SMARTS) is 1. The molecule has 0 heterocycles. The van der Waals surface area contributed by atoms with Gasteiger partial charge in [0.1, 0.15) is 0 Å². The van der Waals surface area contributed by atoms with Gasteiger partial charge in [-0.3, -0.25) is 16.6 Å². The van der Waals surface area contributed by atoms with Crippen LogP contribution in [-0.2, 0) is 4.79 Å². The SMILES string of the molecule is C[C-](C)C#N.C[C-](C)C(=O)O.[CH2-]C#N.[Rb+].[Rb+].[Rb+]. The molecule has 1 N–H and O–H groups in total. The van der Waals surface area contributed by atoms with Crippen molar-refractivity contribution < 1.29 is 184 Å². The second kappa shape index (κ2) is 31.7. The molecule has 0 aliphatic heterocycles. The molecule has 0 saturated carbocycles. The van der Waals surface area contributed by atoms with Gasteiger partial charge in [-0.25, -0.2) is 10.5 Å². The van der Waals surface area contributed by atoms with E-state index in [2.05, 4.69) is 6.92 Å². The predicted molar refractivity (Wildman–Crippen MR) is 53.4 cm³/mol. The van der Waals surface area contributed by atoms with Crippen LogP contribution in [-0.4, -0.2) is 11.1 Å². The van der Waals surface area contributed by atoms with E-state index in [1.165, 1.54) is 6.07 Å². The summed E-state index contributed by atoms with van der Waals surface area (Å²) in [5.41, 5.74) is 0. The fourth-order valence-electron chi connectivity index (χ4n) is 0. The smallest absolute Gasteiger partial charge is 0.503 e. The molecular weight excluding hydrogens is 437 g/mol. The van der Waals surface area contributed by atoms with Crippen molar-refractivity contribution in [3.8, 4) is 12.1 Å². The van der Waals surface area contributed by atoms with Crippen molar-refractivity contribution in [2.75, 3.05) is 0 Å². The minimum atomic E-state index is -0.824. The second-order valence-corrected chi connectivity index (χ2v) is 2.58. The Kier molecular flexibility index (Phi) is 69.2. The molecule has 0 saturated heterocycles. The number of hydrogen-bond acceptors (Lipinski definition) is 3. The van der Waals surface area contributed by atoms with Gasteiger partial charge in [0.2, 0.25) is 0 Å². The Morgan fingerprint density at radius 2 is 1.24 bits per heavy atom. The molecule has 0 aromatic rings. The van der Waals surface area contributed by atoms with Crippen LogP contribution < -0.4 is 175 Å². The van der Waals surface area contributed by atoms with Gasteiger partial charge in [0.25, 0.3) is 0 Å². The Balaban J connectivity index is -0.0000000256. The van der Waals surface area contributed by atoms with E-state index in [0.29, 0.717) is 5.92 Å². The van der Waals surface area contributed by atoms with Gasteiger partial charge in [0.15, 0.2) is 5.97 Å². The van der Waals surface area contributed by atoms with E-state index in [-0.39, 0.29) is 175 Å². The molecule has 7 heteroatoms. The minimum Gasteiger partial charge on any atom is -0.503 e. The van der Waals surface area contributed by atoms with E-state index >= 15 is 0 Å². The molecule has 17 heavy (non-hydrogen) atoms. The molecule has 0 aromatic carbocycles. The second-order valence-electron chi connectivity index (χ2n) is 2.58. The molecule has 0 radical (unpaired) electrons. The van der Waals surface area contributed by atoms with E-state index in [0.717, 1.165) is 5.92 Å². The first-order valence-corrected chi connectivity index (χ1v) is 3.73. The molecule has 0 amide bonds. The number of nitrogens with zero attached hydrogens (tertiary/aromatic N) is 2. The van der Waals surface area contributed by atoms with Crippen molar-refractivity contribution >= 4 is 5.97 Å². The monoisotopic (exact) mass is 450 g/mol. The molecule has 0 rings (SSSR count). The third kappa shape index (κ3) is 66.2. The van der Waals surface area contributed by atoms with Gasteiger partial charge in [-0.2, -0.15) is 27.7 Å². The van der Waals surface area contributed by atoms with Crippen molar-refractivity contribution in [1.82, 2.24) is 0 Å². The molecule has 0 aliphatic carbocycles. The Morgan fingerprint density at radius 3 is 1.24 bits per heavy atom. The Morgan fingerprint density at radius 1 is 1.12 bits per heavy atom. The molecule has 0 unspecified atom stereocenters. The van der Waals surface area contributed by atoms with Crippen LogP contribution in [0.5, 0.6) is 0 Å². The average Bonchev–Trinajstić information content (AvgIpc) is 2.06. The molecule has 0 fully saturated rings. The maximum Gasteiger partial charge on any atom is 1.00 e. The third-order valence-electron chi connectivity index (χ3n) is 0.651. The molecule has 0 bridgehead atoms. The zero-order valence-corrected chi connectivity index (χ0v) is 26.7. The van der Waals surface area contributed by atoms with Gasteiger partial charge in [0, 0.05) is 0 Å². The van der Waals surface area contributed by atoms with Crippen LogP contribution >= 0.6 is 0 Å². The summed E-state index contributed by atoms with van der Waals surface area (Å²) in [4.78, 5) is 9.66. The first-order chi connectivity index (χ1) is 6.33. The minimum absolute atomic E-state index is 0. The molecular formula is C10H15N2O2Rb3. The summed E-state index contributed by atoms with van der Waals surface area (Å²) in [6, 6.07) is 3.44. The summed E-state index contributed by atoms with van der Waals surface area (Å²) in [6.07, 6.45) is 0. The van der Waals surface area contributed by atoms with Gasteiger partial charge < -0.3 is 12.0 Å². The van der Waals surface area contributed by atoms with Crippen LogP contribution in [0.3, 0.4) is 0 Å². The standard InChI is InChI=1S/C4H6N.C4H7O2.C2H2N.3Rb/c1-4(2)3-5;1-3(2)4(5)6;1-2-3;;;/h1-2H3;1-2H3,(H,5,6);1H2;;;/q3*-1;3*+1. The van der Waals surface area contributed by atoms with Crippen LogP contribution in [0.4, 0.5) is 0 Å². The first kappa shape index (κ1) is 37.1. The molecule has 0 aliphatic rings. The normalized spacial score (nSPS) is 4.82. The van der Waals surface area contributed by atoms with Crippen LogP contribution in [0.2, 0.25) is 0 Å². The van der Waals surface area contributed by atoms with Gasteiger partial charge >= 0.3 is 175 Å². The maximum atomic E-state index is 9.66. The first-order valence-electron chi connectivity index (χ1n) is 3.73. The van der Waals surface area contributed by atoms with Crippen molar-refractivity contribution in [2.24, 2.45) is 0 Å². The van der Waals surface area contributed by atoms with Crippen LogP contribution in [0, 0.1) is 41.4 Å². The number of rotatable bonds is 1. The number of aliphatic carboxylic acids is 1. The van der Waals surface area contributed by atoms with Crippen molar-refractivity contribution in [2.45, 2.75) is 27.7 Å². The Hall–Kier alpha value is 3.48. The largest absolute Gasteiger partial charge is 1.00 e. The summed E-state index contributed by atoms with van der Waals surface area (Å²) in [5, 5.41) is 23.0. The van der Waals surface area contributed by atoms with Crippen molar-refractivity contribution in [1.29, 1.82) is 10.5 Å². The van der Waals surface area contributed by atoms with E-state index in [9.17, 15) is 4.79 Å². The quantitative estimate of drug-likeness (QED) is 0.402. The van der Waals surface area contributed by atoms with E-state index in [4.69, 9.17) is 15.6 Å². The van der Waals surface area contributed by atoms with Crippen LogP contribution in [0.25, 0.3) is 0 Å². The van der Waals surface area contributed by atoms with Crippen molar-refractivity contribution in [3.63, 3.8) is 0 Å². The fraction of sp³-hybridized carbons (Fsp3) is 0.400. The number of hydrogen-bond donors (Lipinski definition) is 1. The summed E-state index contributed by atoms with van der Waals surface area (Å²) < 4.78 is 0. The molecule has 0 spiro atoms. The summed E-state index contributed by atoms with van der Waals surface area (Å²) >= 11 is 0. The average molecular weight is 452 g/mol. The third-order valence-corrected chi connectivity index (χ3v) is 0.651.